The van der Waals surface area contributed by atoms with Gasteiger partial charge in [0.15, 0.2) is 0 Å². The molecule has 0 bridgehead atoms. The number of hydrogen-bond acceptors (Lipinski definition) is 4. The van der Waals surface area contributed by atoms with Gasteiger partial charge in [-0.3, -0.25) is 10.1 Å². The molecule has 5 nitrogen and oxygen atoms in total. The fourth-order valence-corrected chi connectivity index (χ4v) is 1.71. The summed E-state index contributed by atoms with van der Waals surface area (Å²) in [5.74, 6) is 0. The molecule has 0 amide bonds. The first kappa shape index (κ1) is 13.4. The Morgan fingerprint density at radius 1 is 1.47 bits per heavy atom. The highest BCUT2D eigenvalue weighted by atomic mass is 16.6. The average molecular weight is 238 g/mol. The number of nitro groups is 1. The summed E-state index contributed by atoms with van der Waals surface area (Å²) in [6, 6.07) is 5.14. The van der Waals surface area contributed by atoms with E-state index < -0.39 is 4.92 Å². The zero-order valence-corrected chi connectivity index (χ0v) is 10.1. The van der Waals surface area contributed by atoms with E-state index in [0.717, 1.165) is 24.1 Å². The van der Waals surface area contributed by atoms with Crippen molar-refractivity contribution in [1.29, 1.82) is 0 Å². The molecule has 0 aliphatic rings. The maximum absolute atomic E-state index is 10.7. The topological polar surface area (TPSA) is 75.4 Å². The van der Waals surface area contributed by atoms with Gasteiger partial charge >= 0.3 is 0 Å². The number of nitrogens with zero attached hydrogens (tertiary/aromatic N) is 1. The molecule has 0 aliphatic carbocycles. The Labute approximate surface area is 101 Å². The summed E-state index contributed by atoms with van der Waals surface area (Å²) in [6.45, 7) is 3.99. The number of rotatable bonds is 6. The first-order valence-corrected chi connectivity index (χ1v) is 5.66. The number of aliphatic hydroxyl groups excluding tert-OH is 1. The zero-order valence-electron chi connectivity index (χ0n) is 10.1. The molecule has 0 saturated carbocycles. The van der Waals surface area contributed by atoms with Crippen molar-refractivity contribution in [2.24, 2.45) is 0 Å². The average Bonchev–Trinajstić information content (AvgIpc) is 2.25. The highest BCUT2D eigenvalue weighted by Gasteiger charge is 2.09. The van der Waals surface area contributed by atoms with Crippen molar-refractivity contribution in [2.75, 3.05) is 11.9 Å². The van der Waals surface area contributed by atoms with Crippen LogP contribution >= 0.6 is 0 Å². The van der Waals surface area contributed by atoms with Crippen molar-refractivity contribution in [2.45, 2.75) is 32.7 Å². The first-order chi connectivity index (χ1) is 8.02. The van der Waals surface area contributed by atoms with Crippen molar-refractivity contribution in [1.82, 2.24) is 0 Å². The van der Waals surface area contributed by atoms with Crippen LogP contribution in [-0.4, -0.2) is 22.7 Å². The summed E-state index contributed by atoms with van der Waals surface area (Å²) in [5, 5.41) is 22.6. The van der Waals surface area contributed by atoms with Crippen LogP contribution in [0.4, 0.5) is 11.4 Å². The Kier molecular flexibility index (Phi) is 4.90. The molecular formula is C12H18N2O3. The molecule has 0 spiro atoms. The van der Waals surface area contributed by atoms with Gasteiger partial charge in [0.1, 0.15) is 0 Å². The SMILES string of the molecule is Cc1cc(NC(C)CCCO)cc([N+](=O)[O-])c1. The third-order valence-corrected chi connectivity index (χ3v) is 2.48. The Hall–Kier alpha value is -1.62. The Morgan fingerprint density at radius 2 is 2.18 bits per heavy atom. The Balaban J connectivity index is 2.73. The van der Waals surface area contributed by atoms with Crippen LogP contribution in [0.2, 0.25) is 0 Å². The minimum Gasteiger partial charge on any atom is -0.396 e. The molecule has 1 aromatic rings. The Bertz CT molecular complexity index is 393. The second-order valence-electron chi connectivity index (χ2n) is 4.23. The summed E-state index contributed by atoms with van der Waals surface area (Å²) in [7, 11) is 0. The lowest BCUT2D eigenvalue weighted by Crippen LogP contribution is -2.15. The molecule has 1 aromatic carbocycles. The van der Waals surface area contributed by atoms with Crippen LogP contribution in [0.3, 0.4) is 0 Å². The highest BCUT2D eigenvalue weighted by molar-refractivity contribution is 5.54. The van der Waals surface area contributed by atoms with E-state index >= 15 is 0 Å². The number of aliphatic hydroxyl groups is 1. The summed E-state index contributed by atoms with van der Waals surface area (Å²) in [4.78, 5) is 10.3. The van der Waals surface area contributed by atoms with Crippen LogP contribution in [-0.2, 0) is 0 Å². The van der Waals surface area contributed by atoms with Crippen molar-refractivity contribution < 1.29 is 10.0 Å². The van der Waals surface area contributed by atoms with Gasteiger partial charge in [-0.05, 0) is 38.3 Å². The van der Waals surface area contributed by atoms with Gasteiger partial charge in [-0.1, -0.05) is 0 Å². The number of anilines is 1. The molecule has 2 N–H and O–H groups in total. The van der Waals surface area contributed by atoms with Gasteiger partial charge in [0.2, 0.25) is 0 Å². The number of nitro benzene ring substituents is 1. The van der Waals surface area contributed by atoms with E-state index in [1.165, 1.54) is 6.07 Å². The zero-order chi connectivity index (χ0) is 12.8. The second-order valence-corrected chi connectivity index (χ2v) is 4.23. The molecule has 1 atom stereocenters. The second kappa shape index (κ2) is 6.20. The van der Waals surface area contributed by atoms with Crippen LogP contribution in [0.25, 0.3) is 0 Å². The Morgan fingerprint density at radius 3 is 2.76 bits per heavy atom. The van der Waals surface area contributed by atoms with Crippen LogP contribution in [0.15, 0.2) is 18.2 Å². The van der Waals surface area contributed by atoms with Crippen molar-refractivity contribution >= 4 is 11.4 Å². The van der Waals surface area contributed by atoms with Gasteiger partial charge in [-0.25, -0.2) is 0 Å². The maximum Gasteiger partial charge on any atom is 0.271 e. The third kappa shape index (κ3) is 4.40. The lowest BCUT2D eigenvalue weighted by molar-refractivity contribution is -0.384. The molecule has 0 saturated heterocycles. The normalized spacial score (nSPS) is 12.2. The van der Waals surface area contributed by atoms with E-state index in [0.29, 0.717) is 0 Å². The van der Waals surface area contributed by atoms with E-state index in [4.69, 9.17) is 5.11 Å². The van der Waals surface area contributed by atoms with Gasteiger partial charge < -0.3 is 10.4 Å². The lowest BCUT2D eigenvalue weighted by Gasteiger charge is -2.14. The smallest absolute Gasteiger partial charge is 0.271 e. The predicted octanol–water partition coefficient (Wildman–Crippen LogP) is 2.48. The highest BCUT2D eigenvalue weighted by Crippen LogP contribution is 2.21. The fourth-order valence-electron chi connectivity index (χ4n) is 1.71. The number of nitrogens with one attached hydrogen (secondary N) is 1. The van der Waals surface area contributed by atoms with Gasteiger partial charge in [0.25, 0.3) is 5.69 Å². The van der Waals surface area contributed by atoms with Gasteiger partial charge in [-0.15, -0.1) is 0 Å². The van der Waals surface area contributed by atoms with Gasteiger partial charge in [-0.2, -0.15) is 0 Å². The molecule has 0 heterocycles. The van der Waals surface area contributed by atoms with Crippen LogP contribution in [0.5, 0.6) is 0 Å². The quantitative estimate of drug-likeness (QED) is 0.589. The minimum absolute atomic E-state index is 0.0989. The molecule has 0 aromatic heterocycles. The van der Waals surface area contributed by atoms with E-state index in [1.807, 2.05) is 19.9 Å². The summed E-state index contributed by atoms with van der Waals surface area (Å²) in [6.07, 6.45) is 1.56. The number of benzene rings is 1. The van der Waals surface area contributed by atoms with E-state index in [-0.39, 0.29) is 18.3 Å². The van der Waals surface area contributed by atoms with Crippen molar-refractivity contribution in [3.05, 3.63) is 33.9 Å². The van der Waals surface area contributed by atoms with Crippen molar-refractivity contribution in [3.8, 4) is 0 Å². The summed E-state index contributed by atoms with van der Waals surface area (Å²) >= 11 is 0. The summed E-state index contributed by atoms with van der Waals surface area (Å²) < 4.78 is 0. The largest absolute Gasteiger partial charge is 0.396 e. The van der Waals surface area contributed by atoms with Gasteiger partial charge in [0.05, 0.1) is 4.92 Å². The summed E-state index contributed by atoms with van der Waals surface area (Å²) in [5.41, 5.74) is 1.71. The molecule has 0 aliphatic heterocycles. The molecule has 94 valence electrons. The minimum atomic E-state index is -0.392. The lowest BCUT2D eigenvalue weighted by atomic mass is 10.1. The standard InChI is InChI=1S/C12H18N2O3/c1-9-6-11(8-12(7-9)14(16)17)13-10(2)4-3-5-15/h6-8,10,13,15H,3-5H2,1-2H3. The third-order valence-electron chi connectivity index (χ3n) is 2.48. The monoisotopic (exact) mass is 238 g/mol. The number of aryl methyl sites for hydroxylation is 1. The van der Waals surface area contributed by atoms with E-state index in [1.54, 1.807) is 6.07 Å². The molecule has 1 rings (SSSR count). The molecular weight excluding hydrogens is 220 g/mol. The van der Waals surface area contributed by atoms with E-state index in [9.17, 15) is 10.1 Å². The maximum atomic E-state index is 10.7. The van der Waals surface area contributed by atoms with Crippen molar-refractivity contribution in [3.63, 3.8) is 0 Å². The molecule has 1 unspecified atom stereocenters. The predicted molar refractivity (Wildman–Crippen MR) is 67.2 cm³/mol. The molecule has 0 fully saturated rings. The first-order valence-electron chi connectivity index (χ1n) is 5.66. The molecule has 5 heteroatoms. The van der Waals surface area contributed by atoms with Gasteiger partial charge in [0, 0.05) is 30.5 Å². The fraction of sp³-hybridized carbons (Fsp3) is 0.500. The number of non-ortho nitro benzene ring substituents is 1. The molecule has 0 radical (unpaired) electrons. The van der Waals surface area contributed by atoms with Crippen LogP contribution in [0, 0.1) is 17.0 Å². The molecule has 17 heavy (non-hydrogen) atoms. The van der Waals surface area contributed by atoms with E-state index in [2.05, 4.69) is 5.32 Å². The number of hydrogen-bond donors (Lipinski definition) is 2. The van der Waals surface area contributed by atoms with Crippen LogP contribution in [0.1, 0.15) is 25.3 Å². The van der Waals surface area contributed by atoms with Crippen LogP contribution < -0.4 is 5.32 Å².